The fraction of sp³-hybridized carbons (Fsp3) is 0.357. The molecule has 1 heterocycles. The lowest BCUT2D eigenvalue weighted by Gasteiger charge is -2.09. The molecule has 2 rings (SSSR count). The molecule has 0 bridgehead atoms. The molecule has 102 valence electrons. The van der Waals surface area contributed by atoms with Crippen molar-refractivity contribution in [3.8, 4) is 17.0 Å². The van der Waals surface area contributed by atoms with Crippen LogP contribution in [0.5, 0.6) is 5.75 Å². The number of nitrogens with zero attached hydrogens (tertiary/aromatic N) is 1. The van der Waals surface area contributed by atoms with E-state index in [2.05, 4.69) is 16.9 Å². The quantitative estimate of drug-likeness (QED) is 0.871. The average Bonchev–Trinajstić information content (AvgIpc) is 2.89. The molecule has 1 atom stereocenters. The van der Waals surface area contributed by atoms with Gasteiger partial charge in [0.05, 0.1) is 19.0 Å². The molecule has 1 aromatic carbocycles. The lowest BCUT2D eigenvalue weighted by Crippen LogP contribution is -2.12. The zero-order valence-electron chi connectivity index (χ0n) is 11.1. The first kappa shape index (κ1) is 13.5. The number of hydrogen-bond acceptors (Lipinski definition) is 3. The van der Waals surface area contributed by atoms with Gasteiger partial charge in [-0.25, -0.2) is 9.37 Å². The number of hydrogen-bond donors (Lipinski definition) is 2. The first-order valence-corrected chi connectivity index (χ1v) is 6.28. The van der Waals surface area contributed by atoms with E-state index in [9.17, 15) is 4.39 Å². The Morgan fingerprint density at radius 1 is 1.47 bits per heavy atom. The van der Waals surface area contributed by atoms with Crippen molar-refractivity contribution in [3.63, 3.8) is 0 Å². The molecule has 1 aromatic heterocycles. The summed E-state index contributed by atoms with van der Waals surface area (Å²) in [6, 6.07) is 4.40. The predicted octanol–water partition coefficient (Wildman–Crippen LogP) is 2.68. The molecule has 0 radical (unpaired) electrons. The minimum atomic E-state index is -0.308. The second kappa shape index (κ2) is 5.84. The summed E-state index contributed by atoms with van der Waals surface area (Å²) in [6.07, 6.45) is 2.59. The Labute approximate surface area is 111 Å². The number of rotatable bonds is 5. The largest absolute Gasteiger partial charge is 0.496 e. The van der Waals surface area contributed by atoms with Crippen LogP contribution in [0.25, 0.3) is 11.3 Å². The molecule has 0 fully saturated rings. The van der Waals surface area contributed by atoms with Crippen LogP contribution in [0.3, 0.4) is 0 Å². The van der Waals surface area contributed by atoms with Gasteiger partial charge in [0.15, 0.2) is 0 Å². The molecule has 0 saturated heterocycles. The fourth-order valence-electron chi connectivity index (χ4n) is 2.04. The molecule has 0 aliphatic rings. The van der Waals surface area contributed by atoms with E-state index in [1.807, 2.05) is 0 Å². The van der Waals surface area contributed by atoms with Crippen LogP contribution >= 0.6 is 0 Å². The first-order chi connectivity index (χ1) is 9.19. The number of methoxy groups -OCH3 is 1. The van der Waals surface area contributed by atoms with Gasteiger partial charge < -0.3 is 15.5 Å². The van der Waals surface area contributed by atoms with Gasteiger partial charge in [0.1, 0.15) is 17.4 Å². The molecule has 2 aromatic rings. The number of H-pyrrole nitrogens is 1. The Bertz CT molecular complexity index is 549. The van der Waals surface area contributed by atoms with Crippen molar-refractivity contribution in [2.24, 2.45) is 5.73 Å². The van der Waals surface area contributed by atoms with Gasteiger partial charge in [0, 0.05) is 18.0 Å². The standard InChI is InChI=1S/C14H18FN3O/c1-3-9(7-16)14-17-8-12(18-14)11-6-10(15)4-5-13(11)19-2/h4-6,8-9H,3,7,16H2,1-2H3,(H,17,18). The maximum Gasteiger partial charge on any atom is 0.128 e. The Morgan fingerprint density at radius 3 is 2.89 bits per heavy atom. The minimum Gasteiger partial charge on any atom is -0.496 e. The molecule has 4 nitrogen and oxygen atoms in total. The summed E-state index contributed by atoms with van der Waals surface area (Å²) in [7, 11) is 1.56. The van der Waals surface area contributed by atoms with E-state index < -0.39 is 0 Å². The zero-order chi connectivity index (χ0) is 13.8. The number of benzene rings is 1. The van der Waals surface area contributed by atoms with Crippen LogP contribution in [-0.4, -0.2) is 23.6 Å². The highest BCUT2D eigenvalue weighted by atomic mass is 19.1. The summed E-state index contributed by atoms with van der Waals surface area (Å²) in [5.41, 5.74) is 7.09. The van der Waals surface area contributed by atoms with E-state index in [1.165, 1.54) is 12.1 Å². The summed E-state index contributed by atoms with van der Waals surface area (Å²) in [5, 5.41) is 0. The van der Waals surface area contributed by atoms with Gasteiger partial charge in [0.2, 0.25) is 0 Å². The number of aromatic amines is 1. The fourth-order valence-corrected chi connectivity index (χ4v) is 2.04. The number of imidazole rings is 1. The van der Waals surface area contributed by atoms with Crippen molar-refractivity contribution in [2.45, 2.75) is 19.3 Å². The number of halogens is 1. The topological polar surface area (TPSA) is 63.9 Å². The van der Waals surface area contributed by atoms with Gasteiger partial charge in [0.25, 0.3) is 0 Å². The van der Waals surface area contributed by atoms with Crippen LogP contribution in [0.1, 0.15) is 25.1 Å². The molecular weight excluding hydrogens is 245 g/mol. The highest BCUT2D eigenvalue weighted by Gasteiger charge is 2.14. The Kier molecular flexibility index (Phi) is 4.16. The van der Waals surface area contributed by atoms with E-state index >= 15 is 0 Å². The normalized spacial score (nSPS) is 12.4. The highest BCUT2D eigenvalue weighted by molar-refractivity contribution is 5.66. The second-order valence-electron chi connectivity index (χ2n) is 4.37. The molecule has 1 unspecified atom stereocenters. The number of ether oxygens (including phenoxy) is 1. The predicted molar refractivity (Wildman–Crippen MR) is 72.6 cm³/mol. The van der Waals surface area contributed by atoms with Crippen molar-refractivity contribution in [1.82, 2.24) is 9.97 Å². The molecule has 0 aliphatic carbocycles. The summed E-state index contributed by atoms with van der Waals surface area (Å²) in [6.45, 7) is 2.59. The van der Waals surface area contributed by atoms with Crippen molar-refractivity contribution in [3.05, 3.63) is 36.0 Å². The van der Waals surface area contributed by atoms with Gasteiger partial charge in [-0.05, 0) is 24.6 Å². The van der Waals surface area contributed by atoms with Gasteiger partial charge in [-0.2, -0.15) is 0 Å². The number of nitrogens with two attached hydrogens (primary N) is 1. The third-order valence-corrected chi connectivity index (χ3v) is 3.21. The molecule has 0 spiro atoms. The summed E-state index contributed by atoms with van der Waals surface area (Å²) in [5.74, 6) is 1.31. The van der Waals surface area contributed by atoms with Gasteiger partial charge in [-0.1, -0.05) is 6.92 Å². The van der Waals surface area contributed by atoms with Crippen LogP contribution in [0.2, 0.25) is 0 Å². The maximum atomic E-state index is 13.4. The Hall–Kier alpha value is -1.88. The van der Waals surface area contributed by atoms with Crippen molar-refractivity contribution in [2.75, 3.05) is 13.7 Å². The molecule has 5 heteroatoms. The maximum absolute atomic E-state index is 13.4. The molecule has 0 saturated carbocycles. The molecule has 3 N–H and O–H groups in total. The second-order valence-corrected chi connectivity index (χ2v) is 4.37. The Morgan fingerprint density at radius 2 is 2.26 bits per heavy atom. The third-order valence-electron chi connectivity index (χ3n) is 3.21. The first-order valence-electron chi connectivity index (χ1n) is 6.28. The SMILES string of the molecule is CCC(CN)c1ncc(-c2cc(F)ccc2OC)[nH]1. The van der Waals surface area contributed by atoms with Crippen LogP contribution in [0.4, 0.5) is 4.39 Å². The average molecular weight is 263 g/mol. The van der Waals surface area contributed by atoms with Gasteiger partial charge in [-0.3, -0.25) is 0 Å². The monoisotopic (exact) mass is 263 g/mol. The lowest BCUT2D eigenvalue weighted by molar-refractivity contribution is 0.415. The van der Waals surface area contributed by atoms with Crippen LogP contribution in [0.15, 0.2) is 24.4 Å². The van der Waals surface area contributed by atoms with E-state index in [-0.39, 0.29) is 11.7 Å². The Balaban J connectivity index is 2.40. The molecule has 0 amide bonds. The minimum absolute atomic E-state index is 0.188. The van der Waals surface area contributed by atoms with E-state index in [0.717, 1.165) is 17.9 Å². The van der Waals surface area contributed by atoms with E-state index in [1.54, 1.807) is 19.4 Å². The number of aromatic nitrogens is 2. The van der Waals surface area contributed by atoms with Crippen molar-refractivity contribution < 1.29 is 9.13 Å². The van der Waals surface area contributed by atoms with Crippen LogP contribution in [-0.2, 0) is 0 Å². The molecule has 19 heavy (non-hydrogen) atoms. The molecular formula is C14H18FN3O. The summed E-state index contributed by atoms with van der Waals surface area (Å²) >= 11 is 0. The zero-order valence-corrected chi connectivity index (χ0v) is 11.1. The van der Waals surface area contributed by atoms with Crippen molar-refractivity contribution >= 4 is 0 Å². The van der Waals surface area contributed by atoms with Gasteiger partial charge >= 0.3 is 0 Å². The summed E-state index contributed by atoms with van der Waals surface area (Å²) in [4.78, 5) is 7.52. The number of nitrogens with one attached hydrogen (secondary N) is 1. The van der Waals surface area contributed by atoms with Gasteiger partial charge in [-0.15, -0.1) is 0 Å². The van der Waals surface area contributed by atoms with Crippen molar-refractivity contribution in [1.29, 1.82) is 0 Å². The lowest BCUT2D eigenvalue weighted by atomic mass is 10.1. The summed E-state index contributed by atoms with van der Waals surface area (Å²) < 4.78 is 18.6. The van der Waals surface area contributed by atoms with E-state index in [4.69, 9.17) is 10.5 Å². The molecule has 0 aliphatic heterocycles. The third kappa shape index (κ3) is 2.76. The smallest absolute Gasteiger partial charge is 0.128 e. The van der Waals surface area contributed by atoms with Crippen LogP contribution in [0, 0.1) is 5.82 Å². The highest BCUT2D eigenvalue weighted by Crippen LogP contribution is 2.30. The van der Waals surface area contributed by atoms with Crippen LogP contribution < -0.4 is 10.5 Å². The van der Waals surface area contributed by atoms with E-state index in [0.29, 0.717) is 17.9 Å².